The number of aliphatic hydroxyl groups is 5. The summed E-state index contributed by atoms with van der Waals surface area (Å²) in [6.45, 7) is -0.412. The highest BCUT2D eigenvalue weighted by atomic mass is 16.5. The highest BCUT2D eigenvalue weighted by Crippen LogP contribution is 2.12. The van der Waals surface area contributed by atoms with Crippen LogP contribution in [-0.4, -0.2) is 80.3 Å². The number of carboxylic acids is 1. The lowest BCUT2D eigenvalue weighted by atomic mass is 10.0. The molecule has 0 saturated heterocycles. The third kappa shape index (κ3) is 4.94. The van der Waals surface area contributed by atoms with Gasteiger partial charge in [0.05, 0.1) is 13.2 Å². The summed E-state index contributed by atoms with van der Waals surface area (Å²) < 4.78 is 4.82. The van der Waals surface area contributed by atoms with Crippen molar-refractivity contribution in [1.29, 1.82) is 0 Å². The van der Waals surface area contributed by atoms with Crippen LogP contribution in [0.2, 0.25) is 0 Å². The molecule has 0 aromatic rings. The van der Waals surface area contributed by atoms with Gasteiger partial charge in [-0.2, -0.15) is 0 Å². The zero-order chi connectivity index (χ0) is 13.6. The molecule has 0 amide bonds. The maximum atomic E-state index is 10.5. The predicted molar refractivity (Wildman–Crippen MR) is 54.2 cm³/mol. The Labute approximate surface area is 97.7 Å². The van der Waals surface area contributed by atoms with Crippen molar-refractivity contribution >= 4 is 5.97 Å². The van der Waals surface area contributed by atoms with Gasteiger partial charge in [0.2, 0.25) is 0 Å². The maximum Gasteiger partial charge on any atom is 0.332 e. The molecule has 0 aliphatic rings. The van der Waals surface area contributed by atoms with E-state index in [0.717, 1.165) is 6.92 Å². The first-order chi connectivity index (χ1) is 7.84. The van der Waals surface area contributed by atoms with Gasteiger partial charge in [-0.3, -0.25) is 0 Å². The van der Waals surface area contributed by atoms with Crippen LogP contribution in [-0.2, 0) is 9.53 Å². The molecule has 0 radical (unpaired) electrons. The number of aliphatic hydroxyl groups excluding tert-OH is 5. The first-order valence-electron chi connectivity index (χ1n) is 4.99. The quantitative estimate of drug-likeness (QED) is 0.267. The Bertz CT molecular complexity index is 233. The molecule has 0 aliphatic heterocycles. The van der Waals surface area contributed by atoms with Crippen molar-refractivity contribution in [3.05, 3.63) is 0 Å². The molecule has 0 fully saturated rings. The lowest BCUT2D eigenvalue weighted by Crippen LogP contribution is -2.50. The standard InChI is InChI=1S/C9H18O8/c1-4(9(15)16)17-8(6(13)3-11)7(14)5(12)2-10/h4-8,10-14H,2-3H2,1H3,(H,15,16)/t4-,5-,6-,7-,8-/m1/s1. The van der Waals surface area contributed by atoms with Gasteiger partial charge in [0.1, 0.15) is 24.4 Å². The van der Waals surface area contributed by atoms with E-state index >= 15 is 0 Å². The third-order valence-corrected chi connectivity index (χ3v) is 2.19. The smallest absolute Gasteiger partial charge is 0.332 e. The molecule has 8 heteroatoms. The van der Waals surface area contributed by atoms with Gasteiger partial charge in [-0.15, -0.1) is 0 Å². The molecule has 5 atom stereocenters. The Morgan fingerprint density at radius 1 is 1.12 bits per heavy atom. The molecule has 0 unspecified atom stereocenters. The van der Waals surface area contributed by atoms with E-state index in [2.05, 4.69) is 0 Å². The summed E-state index contributed by atoms with van der Waals surface area (Å²) in [7, 11) is 0. The van der Waals surface area contributed by atoms with Crippen molar-refractivity contribution in [2.75, 3.05) is 13.2 Å². The molecule has 0 aliphatic carbocycles. The van der Waals surface area contributed by atoms with Crippen LogP contribution in [0.15, 0.2) is 0 Å². The lowest BCUT2D eigenvalue weighted by Gasteiger charge is -2.30. The molecular weight excluding hydrogens is 236 g/mol. The minimum Gasteiger partial charge on any atom is -0.479 e. The lowest BCUT2D eigenvalue weighted by molar-refractivity contribution is -0.182. The normalized spacial score (nSPS) is 20.4. The van der Waals surface area contributed by atoms with Gasteiger partial charge < -0.3 is 35.4 Å². The molecule has 8 nitrogen and oxygen atoms in total. The Balaban J connectivity index is 4.69. The Kier molecular flexibility index (Phi) is 7.19. The molecule has 0 aromatic carbocycles. The van der Waals surface area contributed by atoms with Crippen molar-refractivity contribution < 1.29 is 40.2 Å². The first-order valence-corrected chi connectivity index (χ1v) is 4.99. The number of rotatable bonds is 8. The molecule has 0 bridgehead atoms. The minimum atomic E-state index is -1.72. The van der Waals surface area contributed by atoms with E-state index in [1.54, 1.807) is 0 Å². The van der Waals surface area contributed by atoms with Crippen molar-refractivity contribution in [3.8, 4) is 0 Å². The second-order valence-corrected chi connectivity index (χ2v) is 3.57. The minimum absolute atomic E-state index is 0.786. The summed E-state index contributed by atoms with van der Waals surface area (Å²) in [6, 6.07) is 0. The van der Waals surface area contributed by atoms with Crippen LogP contribution in [0.5, 0.6) is 0 Å². The van der Waals surface area contributed by atoms with E-state index < -0.39 is 49.7 Å². The van der Waals surface area contributed by atoms with Crippen LogP contribution in [0, 0.1) is 0 Å². The number of ether oxygens (including phenoxy) is 1. The van der Waals surface area contributed by atoms with E-state index in [1.165, 1.54) is 0 Å². The number of carbonyl (C=O) groups is 1. The highest BCUT2D eigenvalue weighted by molar-refractivity contribution is 5.71. The fraction of sp³-hybridized carbons (Fsp3) is 0.889. The zero-order valence-electron chi connectivity index (χ0n) is 9.30. The molecule has 0 rings (SSSR count). The fourth-order valence-electron chi connectivity index (χ4n) is 1.12. The van der Waals surface area contributed by atoms with E-state index in [9.17, 15) is 20.1 Å². The van der Waals surface area contributed by atoms with Crippen LogP contribution in [0.3, 0.4) is 0 Å². The monoisotopic (exact) mass is 254 g/mol. The molecular formula is C9H18O8. The SMILES string of the molecule is C[C@@H](O[C@@H]([C@H](O)[C@H](O)CO)[C@H](O)CO)C(=O)O. The van der Waals surface area contributed by atoms with Gasteiger partial charge in [-0.1, -0.05) is 0 Å². The van der Waals surface area contributed by atoms with Gasteiger partial charge in [0.25, 0.3) is 0 Å². The number of hydrogen-bond acceptors (Lipinski definition) is 7. The Morgan fingerprint density at radius 2 is 1.59 bits per heavy atom. The van der Waals surface area contributed by atoms with E-state index in [4.69, 9.17) is 20.1 Å². The Morgan fingerprint density at radius 3 is 1.94 bits per heavy atom. The van der Waals surface area contributed by atoms with Crippen LogP contribution >= 0.6 is 0 Å². The van der Waals surface area contributed by atoms with Gasteiger partial charge in [-0.05, 0) is 6.92 Å². The predicted octanol–water partition coefficient (Wildman–Crippen LogP) is -3.09. The first kappa shape index (κ1) is 16.2. The summed E-state index contributed by atoms with van der Waals surface area (Å²) in [5, 5.41) is 54.0. The van der Waals surface area contributed by atoms with Crippen LogP contribution < -0.4 is 0 Å². The molecule has 0 spiro atoms. The summed E-state index contributed by atoms with van der Waals surface area (Å²) in [5.74, 6) is -1.33. The van der Waals surface area contributed by atoms with Gasteiger partial charge in [0, 0.05) is 0 Å². The fourth-order valence-corrected chi connectivity index (χ4v) is 1.12. The van der Waals surface area contributed by atoms with Crippen LogP contribution in [0.1, 0.15) is 6.92 Å². The van der Waals surface area contributed by atoms with Crippen molar-refractivity contribution in [2.45, 2.75) is 37.4 Å². The highest BCUT2D eigenvalue weighted by Gasteiger charge is 2.34. The topological polar surface area (TPSA) is 148 Å². The maximum absolute atomic E-state index is 10.5. The zero-order valence-corrected chi connectivity index (χ0v) is 9.30. The summed E-state index contributed by atoms with van der Waals surface area (Å²) in [6.07, 6.45) is -7.77. The average Bonchev–Trinajstić information content (AvgIpc) is 2.32. The summed E-state index contributed by atoms with van der Waals surface area (Å²) >= 11 is 0. The molecule has 0 aromatic heterocycles. The number of carboxylic acid groups (broad SMARTS) is 1. The van der Waals surface area contributed by atoms with Gasteiger partial charge in [0.15, 0.2) is 6.10 Å². The second-order valence-electron chi connectivity index (χ2n) is 3.57. The van der Waals surface area contributed by atoms with E-state index in [1.807, 2.05) is 0 Å². The number of aliphatic carboxylic acids is 1. The molecule has 17 heavy (non-hydrogen) atoms. The van der Waals surface area contributed by atoms with Gasteiger partial charge in [-0.25, -0.2) is 4.79 Å². The van der Waals surface area contributed by atoms with Crippen molar-refractivity contribution in [3.63, 3.8) is 0 Å². The molecule has 0 heterocycles. The van der Waals surface area contributed by atoms with E-state index in [0.29, 0.717) is 0 Å². The summed E-state index contributed by atoms with van der Waals surface area (Å²) in [5.41, 5.74) is 0. The average molecular weight is 254 g/mol. The molecule has 0 saturated carbocycles. The van der Waals surface area contributed by atoms with Crippen molar-refractivity contribution in [1.82, 2.24) is 0 Å². The summed E-state index contributed by atoms with van der Waals surface area (Å²) in [4.78, 5) is 10.5. The largest absolute Gasteiger partial charge is 0.479 e. The third-order valence-electron chi connectivity index (χ3n) is 2.19. The number of hydrogen-bond donors (Lipinski definition) is 6. The van der Waals surface area contributed by atoms with E-state index in [-0.39, 0.29) is 0 Å². The van der Waals surface area contributed by atoms with Gasteiger partial charge >= 0.3 is 5.97 Å². The van der Waals surface area contributed by atoms with Crippen LogP contribution in [0.25, 0.3) is 0 Å². The molecule has 102 valence electrons. The van der Waals surface area contributed by atoms with Crippen molar-refractivity contribution in [2.24, 2.45) is 0 Å². The second kappa shape index (κ2) is 7.54. The Hall–Kier alpha value is -0.770. The molecule has 6 N–H and O–H groups in total. The van der Waals surface area contributed by atoms with Crippen LogP contribution in [0.4, 0.5) is 0 Å².